The Labute approximate surface area is 103 Å². The van der Waals surface area contributed by atoms with Crippen LogP contribution in [0, 0.1) is 11.6 Å². The zero-order valence-corrected chi connectivity index (χ0v) is 9.46. The zero-order valence-electron chi connectivity index (χ0n) is 8.70. The second-order valence-electron chi connectivity index (χ2n) is 3.66. The van der Waals surface area contributed by atoms with Gasteiger partial charge in [0.15, 0.2) is 0 Å². The molecule has 0 aliphatic heterocycles. The van der Waals surface area contributed by atoms with Gasteiger partial charge in [0.05, 0.1) is 0 Å². The average molecular weight is 252 g/mol. The van der Waals surface area contributed by atoms with Crippen molar-refractivity contribution in [2.75, 3.05) is 0 Å². The van der Waals surface area contributed by atoms with Crippen molar-refractivity contribution in [3.05, 3.63) is 59.1 Å². The molecule has 0 saturated carbocycles. The third kappa shape index (κ3) is 2.84. The topological polar surface area (TPSA) is 20.2 Å². The maximum atomic E-state index is 13.0. The zero-order chi connectivity index (χ0) is 12.4. The van der Waals surface area contributed by atoms with Crippen molar-refractivity contribution < 1.29 is 13.8 Å². The number of halogens is 3. The van der Waals surface area contributed by atoms with Crippen molar-refractivity contribution in [1.82, 2.24) is 0 Å². The molecule has 0 aliphatic rings. The summed E-state index contributed by atoms with van der Waals surface area (Å²) in [5.41, 5.74) is 0.698. The van der Waals surface area contributed by atoms with Gasteiger partial charge in [-0.15, -0.1) is 0 Å². The Morgan fingerprint density at radius 2 is 1.41 bits per heavy atom. The lowest BCUT2D eigenvalue weighted by molar-refractivity contribution is 0.579. The molecule has 0 aromatic heterocycles. The number of hydrogen-bond acceptors (Lipinski definition) is 1. The first-order chi connectivity index (χ1) is 8.06. The third-order valence-corrected chi connectivity index (χ3v) is 2.64. The summed E-state index contributed by atoms with van der Waals surface area (Å²) >= 11 is 5.71. The highest BCUT2D eigenvalue weighted by Gasteiger charge is 2.18. The van der Waals surface area contributed by atoms with Crippen molar-refractivity contribution in [2.24, 2.45) is 0 Å². The normalized spacial score (nSPS) is 10.4. The number of benzene rings is 2. The van der Waals surface area contributed by atoms with Crippen LogP contribution in [0.25, 0.3) is 0 Å². The van der Waals surface area contributed by atoms with Gasteiger partial charge in [0.25, 0.3) is 0 Å². The minimum Gasteiger partial charge on any atom is -0.443 e. The standard InChI is InChI=1S/C12H8BClF2O/c14-10-3-1-8(2-4-10)13(17)9-5-11(15)7-12(16)6-9/h1-7,17H. The Morgan fingerprint density at radius 1 is 0.882 bits per heavy atom. The fourth-order valence-corrected chi connectivity index (χ4v) is 1.70. The fourth-order valence-electron chi connectivity index (χ4n) is 1.57. The molecule has 17 heavy (non-hydrogen) atoms. The van der Waals surface area contributed by atoms with Crippen LogP contribution in [-0.4, -0.2) is 11.9 Å². The molecule has 0 amide bonds. The molecule has 1 nitrogen and oxygen atoms in total. The molecule has 0 unspecified atom stereocenters. The van der Waals surface area contributed by atoms with E-state index < -0.39 is 18.6 Å². The SMILES string of the molecule is OB(c1ccc(Cl)cc1)c1cc(F)cc(F)c1. The van der Waals surface area contributed by atoms with Crippen molar-refractivity contribution >= 4 is 29.4 Å². The molecule has 86 valence electrons. The van der Waals surface area contributed by atoms with Gasteiger partial charge in [0.1, 0.15) is 11.6 Å². The predicted molar refractivity (Wildman–Crippen MR) is 65.1 cm³/mol. The quantitative estimate of drug-likeness (QED) is 0.807. The van der Waals surface area contributed by atoms with Crippen LogP contribution >= 0.6 is 11.6 Å². The van der Waals surface area contributed by atoms with E-state index in [4.69, 9.17) is 11.6 Å². The van der Waals surface area contributed by atoms with Gasteiger partial charge in [-0.25, -0.2) is 8.78 Å². The summed E-state index contributed by atoms with van der Waals surface area (Å²) in [5.74, 6) is -1.43. The van der Waals surface area contributed by atoms with Crippen LogP contribution in [-0.2, 0) is 0 Å². The lowest BCUT2D eigenvalue weighted by Gasteiger charge is -2.07. The van der Waals surface area contributed by atoms with Gasteiger partial charge in [-0.2, -0.15) is 0 Å². The Hall–Kier alpha value is -1.39. The largest absolute Gasteiger partial charge is 0.443 e. The van der Waals surface area contributed by atoms with Gasteiger partial charge >= 0.3 is 6.92 Å². The van der Waals surface area contributed by atoms with E-state index in [2.05, 4.69) is 0 Å². The first-order valence-electron chi connectivity index (χ1n) is 4.96. The van der Waals surface area contributed by atoms with E-state index >= 15 is 0 Å². The lowest BCUT2D eigenvalue weighted by atomic mass is 9.56. The molecule has 0 spiro atoms. The molecule has 0 fully saturated rings. The Bertz CT molecular complexity index is 510. The van der Waals surface area contributed by atoms with Crippen molar-refractivity contribution in [2.45, 2.75) is 0 Å². The highest BCUT2D eigenvalue weighted by molar-refractivity contribution is 6.78. The van der Waals surface area contributed by atoms with E-state index in [1.165, 1.54) is 0 Å². The molecule has 2 aromatic carbocycles. The molecule has 0 saturated heterocycles. The molecule has 1 N–H and O–H groups in total. The summed E-state index contributed by atoms with van der Waals surface area (Å²) in [7, 11) is 0. The van der Waals surface area contributed by atoms with Crippen LogP contribution < -0.4 is 10.9 Å². The van der Waals surface area contributed by atoms with E-state index in [1.807, 2.05) is 0 Å². The van der Waals surface area contributed by atoms with Gasteiger partial charge in [-0.1, -0.05) is 23.7 Å². The first-order valence-corrected chi connectivity index (χ1v) is 5.33. The second-order valence-corrected chi connectivity index (χ2v) is 4.09. The van der Waals surface area contributed by atoms with E-state index in [9.17, 15) is 13.8 Å². The molecular weight excluding hydrogens is 244 g/mol. The summed E-state index contributed by atoms with van der Waals surface area (Å²) < 4.78 is 26.0. The Morgan fingerprint density at radius 3 is 1.94 bits per heavy atom. The summed E-state index contributed by atoms with van der Waals surface area (Å²) in [4.78, 5) is 0. The molecule has 0 heterocycles. The minimum atomic E-state index is -1.07. The van der Waals surface area contributed by atoms with Crippen LogP contribution in [0.2, 0.25) is 5.02 Å². The monoisotopic (exact) mass is 252 g/mol. The van der Waals surface area contributed by atoms with Crippen molar-refractivity contribution in [3.63, 3.8) is 0 Å². The van der Waals surface area contributed by atoms with Crippen LogP contribution in [0.4, 0.5) is 8.78 Å². The van der Waals surface area contributed by atoms with E-state index in [1.54, 1.807) is 24.3 Å². The van der Waals surface area contributed by atoms with Crippen LogP contribution in [0.3, 0.4) is 0 Å². The first kappa shape index (κ1) is 12.1. The maximum Gasteiger partial charge on any atom is 0.359 e. The van der Waals surface area contributed by atoms with Gasteiger partial charge in [-0.3, -0.25) is 0 Å². The van der Waals surface area contributed by atoms with Crippen LogP contribution in [0.1, 0.15) is 0 Å². The summed E-state index contributed by atoms with van der Waals surface area (Å²) in [5, 5.41) is 10.5. The summed E-state index contributed by atoms with van der Waals surface area (Å²) in [6, 6.07) is 9.39. The number of rotatable bonds is 2. The van der Waals surface area contributed by atoms with E-state index in [0.29, 0.717) is 10.5 Å². The van der Waals surface area contributed by atoms with Gasteiger partial charge < -0.3 is 5.02 Å². The number of hydrogen-bond donors (Lipinski definition) is 1. The summed E-state index contributed by atoms with van der Waals surface area (Å²) in [6.07, 6.45) is 0. The molecule has 0 radical (unpaired) electrons. The molecule has 0 atom stereocenters. The fraction of sp³-hybridized carbons (Fsp3) is 0. The van der Waals surface area contributed by atoms with Gasteiger partial charge in [0.2, 0.25) is 0 Å². The van der Waals surface area contributed by atoms with E-state index in [-0.39, 0.29) is 5.46 Å². The Balaban J connectivity index is 2.36. The van der Waals surface area contributed by atoms with Gasteiger partial charge in [-0.05, 0) is 35.2 Å². The highest BCUT2D eigenvalue weighted by atomic mass is 35.5. The molecule has 2 aromatic rings. The summed E-state index contributed by atoms with van der Waals surface area (Å²) in [6.45, 7) is -1.07. The second kappa shape index (κ2) is 4.86. The molecule has 0 aliphatic carbocycles. The molecular formula is C12H8BClF2O. The average Bonchev–Trinajstić information content (AvgIpc) is 2.28. The Kier molecular flexibility index (Phi) is 3.45. The highest BCUT2D eigenvalue weighted by Crippen LogP contribution is 2.05. The smallest absolute Gasteiger partial charge is 0.359 e. The molecule has 5 heteroatoms. The van der Waals surface area contributed by atoms with Gasteiger partial charge in [0, 0.05) is 11.1 Å². The molecule has 0 bridgehead atoms. The van der Waals surface area contributed by atoms with E-state index in [0.717, 1.165) is 18.2 Å². The van der Waals surface area contributed by atoms with Crippen molar-refractivity contribution in [3.8, 4) is 0 Å². The lowest BCUT2D eigenvalue weighted by Crippen LogP contribution is -2.42. The van der Waals surface area contributed by atoms with Crippen LogP contribution in [0.5, 0.6) is 0 Å². The van der Waals surface area contributed by atoms with Crippen molar-refractivity contribution in [1.29, 1.82) is 0 Å². The third-order valence-electron chi connectivity index (χ3n) is 2.39. The minimum absolute atomic E-state index is 0.171. The molecule has 2 rings (SSSR count). The maximum absolute atomic E-state index is 13.0. The predicted octanol–water partition coefficient (Wildman–Crippen LogP) is 1.72. The van der Waals surface area contributed by atoms with Crippen LogP contribution in [0.15, 0.2) is 42.5 Å².